The number of nitrogens with zero attached hydrogens (tertiary/aromatic N) is 3. The molecule has 0 aliphatic rings. The highest BCUT2D eigenvalue weighted by Gasteiger charge is 2.20. The lowest BCUT2D eigenvalue weighted by atomic mass is 10.1. The number of aromatic nitrogens is 2. The Morgan fingerprint density at radius 1 is 1.03 bits per heavy atom. The highest BCUT2D eigenvalue weighted by molar-refractivity contribution is 6.30. The fraction of sp³-hybridized carbons (Fsp3) is 0.0833. The van der Waals surface area contributed by atoms with Gasteiger partial charge in [-0.15, -0.1) is 0 Å². The van der Waals surface area contributed by atoms with Crippen molar-refractivity contribution in [3.63, 3.8) is 0 Å². The van der Waals surface area contributed by atoms with Gasteiger partial charge in [0.05, 0.1) is 16.9 Å². The quantitative estimate of drug-likeness (QED) is 0.399. The predicted octanol–water partition coefficient (Wildman–Crippen LogP) is 5.74. The number of para-hydroxylation sites is 1. The summed E-state index contributed by atoms with van der Waals surface area (Å²) in [6, 6.07) is 19.7. The highest BCUT2D eigenvalue weighted by atomic mass is 35.5. The molecule has 0 fully saturated rings. The first-order valence-corrected chi connectivity index (χ1v) is 9.90. The Kier molecular flexibility index (Phi) is 5.82. The summed E-state index contributed by atoms with van der Waals surface area (Å²) in [5.74, 6) is -2.17. The summed E-state index contributed by atoms with van der Waals surface area (Å²) in [5, 5.41) is 5.31. The number of benzene rings is 3. The lowest BCUT2D eigenvalue weighted by Crippen LogP contribution is -2.27. The lowest BCUT2D eigenvalue weighted by molar-refractivity contribution is 0.0780. The summed E-state index contributed by atoms with van der Waals surface area (Å²) in [5.41, 5.74) is 2.96. The van der Waals surface area contributed by atoms with E-state index in [9.17, 15) is 13.6 Å². The van der Waals surface area contributed by atoms with E-state index in [2.05, 4.69) is 0 Å². The van der Waals surface area contributed by atoms with Crippen LogP contribution in [0.25, 0.3) is 16.9 Å². The molecule has 0 N–H and O–H groups in total. The van der Waals surface area contributed by atoms with Crippen molar-refractivity contribution < 1.29 is 13.6 Å². The first-order chi connectivity index (χ1) is 14.9. The molecule has 7 heteroatoms. The van der Waals surface area contributed by atoms with Gasteiger partial charge >= 0.3 is 0 Å². The Morgan fingerprint density at radius 3 is 2.42 bits per heavy atom. The van der Waals surface area contributed by atoms with Gasteiger partial charge in [0, 0.05) is 42.0 Å². The van der Waals surface area contributed by atoms with E-state index in [0.717, 1.165) is 28.9 Å². The number of amides is 1. The molecule has 0 bridgehead atoms. The Hall–Kier alpha value is -3.51. The second-order valence-corrected chi connectivity index (χ2v) is 7.51. The minimum Gasteiger partial charge on any atom is -0.337 e. The minimum atomic E-state index is -0.894. The number of hydrogen-bond donors (Lipinski definition) is 0. The van der Waals surface area contributed by atoms with Crippen molar-refractivity contribution in [1.82, 2.24) is 14.7 Å². The zero-order valence-electron chi connectivity index (χ0n) is 16.6. The van der Waals surface area contributed by atoms with E-state index in [4.69, 9.17) is 16.7 Å². The van der Waals surface area contributed by atoms with Gasteiger partial charge in [-0.1, -0.05) is 41.9 Å². The van der Waals surface area contributed by atoms with Crippen molar-refractivity contribution in [3.8, 4) is 16.9 Å². The molecule has 31 heavy (non-hydrogen) atoms. The average molecular weight is 438 g/mol. The Balaban J connectivity index is 1.69. The topological polar surface area (TPSA) is 38.1 Å². The summed E-state index contributed by atoms with van der Waals surface area (Å²) in [6.07, 6.45) is 1.84. The van der Waals surface area contributed by atoms with Crippen LogP contribution >= 0.6 is 11.6 Å². The maximum atomic E-state index is 14.1. The number of halogens is 3. The summed E-state index contributed by atoms with van der Waals surface area (Å²) in [6.45, 7) is 0.181. The van der Waals surface area contributed by atoms with Crippen LogP contribution in [-0.4, -0.2) is 27.6 Å². The Morgan fingerprint density at radius 2 is 1.74 bits per heavy atom. The standard InChI is InChI=1S/C24H18ClF2N3O/c1-29(24(31)21-12-11-19(26)13-22(21)27)14-17-15-30(20-5-3-2-4-6-20)28-23(17)16-7-9-18(25)10-8-16/h2-13,15H,14H2,1H3. The van der Waals surface area contributed by atoms with Crippen LogP contribution in [0.3, 0.4) is 0 Å². The van der Waals surface area contributed by atoms with Crippen molar-refractivity contribution in [2.75, 3.05) is 7.05 Å². The molecule has 0 aliphatic heterocycles. The normalized spacial score (nSPS) is 10.8. The van der Waals surface area contributed by atoms with Gasteiger partial charge < -0.3 is 4.90 Å². The summed E-state index contributed by atoms with van der Waals surface area (Å²) in [7, 11) is 1.57. The molecule has 4 aromatic rings. The lowest BCUT2D eigenvalue weighted by Gasteiger charge is -2.17. The first-order valence-electron chi connectivity index (χ1n) is 9.53. The number of hydrogen-bond acceptors (Lipinski definition) is 2. The second kappa shape index (κ2) is 8.70. The van der Waals surface area contributed by atoms with Gasteiger partial charge in [-0.2, -0.15) is 5.10 Å². The molecule has 156 valence electrons. The molecule has 0 spiro atoms. The molecule has 0 radical (unpaired) electrons. The van der Waals surface area contributed by atoms with Crippen LogP contribution in [0.1, 0.15) is 15.9 Å². The van der Waals surface area contributed by atoms with E-state index in [1.807, 2.05) is 48.7 Å². The van der Waals surface area contributed by atoms with Gasteiger partial charge in [0.2, 0.25) is 0 Å². The molecule has 1 aromatic heterocycles. The number of carbonyl (C=O) groups is 1. The fourth-order valence-electron chi connectivity index (χ4n) is 3.29. The summed E-state index contributed by atoms with van der Waals surface area (Å²) in [4.78, 5) is 14.1. The van der Waals surface area contributed by atoms with Gasteiger partial charge in [-0.05, 0) is 36.4 Å². The van der Waals surface area contributed by atoms with Gasteiger partial charge in [0.1, 0.15) is 11.6 Å². The van der Waals surface area contributed by atoms with Gasteiger partial charge in [0.15, 0.2) is 0 Å². The molecule has 0 saturated carbocycles. The second-order valence-electron chi connectivity index (χ2n) is 7.08. The first kappa shape index (κ1) is 20.8. The van der Waals surface area contributed by atoms with Crippen LogP contribution in [0.15, 0.2) is 79.0 Å². The van der Waals surface area contributed by atoms with Crippen molar-refractivity contribution in [3.05, 3.63) is 107 Å². The van der Waals surface area contributed by atoms with Crippen LogP contribution in [0.2, 0.25) is 5.02 Å². The van der Waals surface area contributed by atoms with Crippen LogP contribution in [0, 0.1) is 11.6 Å². The summed E-state index contributed by atoms with van der Waals surface area (Å²) < 4.78 is 29.0. The van der Waals surface area contributed by atoms with Crippen LogP contribution in [0.5, 0.6) is 0 Å². The van der Waals surface area contributed by atoms with E-state index in [0.29, 0.717) is 16.8 Å². The third-order valence-corrected chi connectivity index (χ3v) is 5.10. The predicted molar refractivity (Wildman–Crippen MR) is 116 cm³/mol. The summed E-state index contributed by atoms with van der Waals surface area (Å²) >= 11 is 6.02. The maximum absolute atomic E-state index is 14.1. The van der Waals surface area contributed by atoms with E-state index >= 15 is 0 Å². The van der Waals surface area contributed by atoms with Crippen LogP contribution in [0.4, 0.5) is 8.78 Å². The van der Waals surface area contributed by atoms with Gasteiger partial charge in [-0.25, -0.2) is 13.5 Å². The molecule has 4 rings (SSSR count). The van der Waals surface area contributed by atoms with Crippen molar-refractivity contribution in [2.45, 2.75) is 6.54 Å². The molecular weight excluding hydrogens is 420 g/mol. The monoisotopic (exact) mass is 437 g/mol. The number of rotatable bonds is 5. The van der Waals surface area contributed by atoms with Crippen LogP contribution < -0.4 is 0 Å². The molecule has 4 nitrogen and oxygen atoms in total. The largest absolute Gasteiger partial charge is 0.337 e. The molecule has 3 aromatic carbocycles. The molecule has 1 amide bonds. The molecule has 0 atom stereocenters. The fourth-order valence-corrected chi connectivity index (χ4v) is 3.41. The van der Waals surface area contributed by atoms with Crippen molar-refractivity contribution in [2.24, 2.45) is 0 Å². The van der Waals surface area contributed by atoms with E-state index in [1.54, 1.807) is 23.9 Å². The van der Waals surface area contributed by atoms with Gasteiger partial charge in [0.25, 0.3) is 5.91 Å². The third kappa shape index (κ3) is 4.49. The van der Waals surface area contributed by atoms with E-state index in [-0.39, 0.29) is 12.1 Å². The van der Waals surface area contributed by atoms with Crippen molar-refractivity contribution >= 4 is 17.5 Å². The van der Waals surface area contributed by atoms with Crippen molar-refractivity contribution in [1.29, 1.82) is 0 Å². The molecular formula is C24H18ClF2N3O. The molecule has 0 unspecified atom stereocenters. The zero-order chi connectivity index (χ0) is 22.0. The van der Waals surface area contributed by atoms with E-state index in [1.165, 1.54) is 4.90 Å². The highest BCUT2D eigenvalue weighted by Crippen LogP contribution is 2.26. The zero-order valence-corrected chi connectivity index (χ0v) is 17.4. The van der Waals surface area contributed by atoms with E-state index < -0.39 is 17.5 Å². The number of carbonyl (C=O) groups excluding carboxylic acids is 1. The SMILES string of the molecule is CN(Cc1cn(-c2ccccc2)nc1-c1ccc(Cl)cc1)C(=O)c1ccc(F)cc1F. The Labute approximate surface area is 183 Å². The maximum Gasteiger partial charge on any atom is 0.256 e. The minimum absolute atomic E-state index is 0.181. The third-order valence-electron chi connectivity index (χ3n) is 4.84. The average Bonchev–Trinajstić information content (AvgIpc) is 3.18. The molecule has 1 heterocycles. The van der Waals surface area contributed by atoms with Crippen LogP contribution in [-0.2, 0) is 6.54 Å². The van der Waals surface area contributed by atoms with Gasteiger partial charge in [-0.3, -0.25) is 4.79 Å². The Bertz CT molecular complexity index is 1220. The molecule has 0 saturated heterocycles. The smallest absolute Gasteiger partial charge is 0.256 e. The molecule has 0 aliphatic carbocycles.